The maximum atomic E-state index is 13.7. The van der Waals surface area contributed by atoms with Gasteiger partial charge in [-0.15, -0.1) is 0 Å². The largest absolute Gasteiger partial charge is 0.484 e. The highest BCUT2D eigenvalue weighted by molar-refractivity contribution is 5.26. The molecule has 1 saturated heterocycles. The summed E-state index contributed by atoms with van der Waals surface area (Å²) in [7, 11) is 0. The summed E-state index contributed by atoms with van der Waals surface area (Å²) < 4.78 is 44.7. The van der Waals surface area contributed by atoms with Gasteiger partial charge in [-0.25, -0.2) is 8.78 Å². The van der Waals surface area contributed by atoms with Gasteiger partial charge in [0.2, 0.25) is 0 Å². The fourth-order valence-electron chi connectivity index (χ4n) is 4.01. The molecule has 2 fully saturated rings. The number of halogens is 2. The van der Waals surface area contributed by atoms with Crippen molar-refractivity contribution in [1.82, 2.24) is 15.1 Å². The van der Waals surface area contributed by atoms with Gasteiger partial charge in [0.15, 0.2) is 23.2 Å². The van der Waals surface area contributed by atoms with Gasteiger partial charge in [0.05, 0.1) is 30.7 Å². The van der Waals surface area contributed by atoms with Crippen molar-refractivity contribution in [1.29, 1.82) is 0 Å². The minimum atomic E-state index is -0.762. The summed E-state index contributed by atoms with van der Waals surface area (Å²) >= 11 is 0. The highest BCUT2D eigenvalue weighted by Crippen LogP contribution is 2.30. The predicted octanol–water partition coefficient (Wildman–Crippen LogP) is 4.24. The first-order valence-electron chi connectivity index (χ1n) is 10.7. The number of hydrogen-bond donors (Lipinski definition) is 0. The number of nitrogens with zero attached hydrogens (tertiary/aromatic N) is 4. The molecule has 1 saturated carbocycles. The van der Waals surface area contributed by atoms with Crippen LogP contribution in [0.1, 0.15) is 64.1 Å². The van der Waals surface area contributed by atoms with Crippen LogP contribution in [-0.2, 0) is 4.74 Å². The number of rotatable bonds is 6. The summed E-state index contributed by atoms with van der Waals surface area (Å²) in [6.45, 7) is 5.73. The van der Waals surface area contributed by atoms with Crippen LogP contribution in [0.15, 0.2) is 16.9 Å². The number of piperidine rings is 1. The average Bonchev–Trinajstić information content (AvgIpc) is 3.23. The van der Waals surface area contributed by atoms with Crippen LogP contribution in [0.25, 0.3) is 0 Å². The van der Waals surface area contributed by atoms with E-state index in [1.54, 1.807) is 0 Å². The van der Waals surface area contributed by atoms with Crippen molar-refractivity contribution in [2.24, 2.45) is 0 Å². The predicted molar refractivity (Wildman–Crippen MR) is 106 cm³/mol. The third-order valence-electron chi connectivity index (χ3n) is 5.76. The van der Waals surface area contributed by atoms with Crippen LogP contribution in [0.2, 0.25) is 0 Å². The lowest BCUT2D eigenvalue weighted by molar-refractivity contribution is -0.0535. The van der Waals surface area contributed by atoms with Gasteiger partial charge in [0, 0.05) is 19.0 Å². The van der Waals surface area contributed by atoms with Crippen LogP contribution >= 0.6 is 0 Å². The van der Waals surface area contributed by atoms with Crippen LogP contribution in [0, 0.1) is 11.6 Å². The molecule has 2 aromatic rings. The van der Waals surface area contributed by atoms with E-state index in [-0.39, 0.29) is 30.0 Å². The maximum Gasteiger partial charge on any atom is 0.324 e. The molecule has 30 heavy (non-hydrogen) atoms. The molecule has 0 amide bonds. The Morgan fingerprint density at radius 1 is 0.967 bits per heavy atom. The molecule has 1 aliphatic carbocycles. The molecule has 0 atom stereocenters. The molecule has 7 nitrogen and oxygen atoms in total. The molecule has 0 unspecified atom stereocenters. The van der Waals surface area contributed by atoms with Gasteiger partial charge in [0.1, 0.15) is 0 Å². The molecule has 0 radical (unpaired) electrons. The summed E-state index contributed by atoms with van der Waals surface area (Å²) in [5.74, 6) is -0.880. The van der Waals surface area contributed by atoms with Crippen molar-refractivity contribution in [3.05, 3.63) is 29.9 Å². The molecule has 3 heterocycles. The molecule has 1 aliphatic heterocycles. The maximum absolute atomic E-state index is 13.7. The van der Waals surface area contributed by atoms with E-state index in [4.69, 9.17) is 14.0 Å². The zero-order valence-electron chi connectivity index (χ0n) is 17.4. The molecule has 0 bridgehead atoms. The quantitative estimate of drug-likeness (QED) is 0.689. The number of hydrogen-bond acceptors (Lipinski definition) is 7. The highest BCUT2D eigenvalue weighted by atomic mass is 19.1. The van der Waals surface area contributed by atoms with Crippen molar-refractivity contribution >= 4 is 6.01 Å². The lowest BCUT2D eigenvalue weighted by Gasteiger charge is -2.35. The Morgan fingerprint density at radius 2 is 1.57 bits per heavy atom. The normalized spacial score (nSPS) is 23.2. The van der Waals surface area contributed by atoms with Crippen LogP contribution in [0.5, 0.6) is 5.75 Å². The Hall–Kier alpha value is -2.29. The summed E-state index contributed by atoms with van der Waals surface area (Å²) in [5, 5.41) is 4.03. The molecule has 9 heteroatoms. The second-order valence-electron chi connectivity index (χ2n) is 8.36. The topological polar surface area (TPSA) is 73.5 Å². The van der Waals surface area contributed by atoms with Gasteiger partial charge in [-0.3, -0.25) is 4.98 Å². The molecule has 2 aromatic heterocycles. The van der Waals surface area contributed by atoms with Crippen molar-refractivity contribution in [2.75, 3.05) is 18.0 Å². The van der Waals surface area contributed by atoms with Gasteiger partial charge in [-0.1, -0.05) is 19.0 Å². The Labute approximate surface area is 174 Å². The highest BCUT2D eigenvalue weighted by Gasteiger charge is 2.29. The van der Waals surface area contributed by atoms with Gasteiger partial charge in [-0.05, 0) is 38.5 Å². The van der Waals surface area contributed by atoms with Gasteiger partial charge in [0.25, 0.3) is 0 Å². The number of pyridine rings is 1. The summed E-state index contributed by atoms with van der Waals surface area (Å²) in [6.07, 6.45) is 6.97. The van der Waals surface area contributed by atoms with Crippen LogP contribution in [0.4, 0.5) is 14.8 Å². The molecular formula is C21H28F2N4O3. The molecule has 2 aliphatic rings. The van der Waals surface area contributed by atoms with E-state index in [0.29, 0.717) is 18.9 Å². The first kappa shape index (κ1) is 21.0. The van der Waals surface area contributed by atoms with E-state index >= 15 is 0 Å². The zero-order chi connectivity index (χ0) is 21.1. The third kappa shape index (κ3) is 4.88. The van der Waals surface area contributed by atoms with E-state index in [9.17, 15) is 8.78 Å². The van der Waals surface area contributed by atoms with E-state index < -0.39 is 11.6 Å². The Morgan fingerprint density at radius 3 is 2.17 bits per heavy atom. The third-order valence-corrected chi connectivity index (χ3v) is 5.76. The Bertz CT molecular complexity index is 811. The molecule has 0 aromatic carbocycles. The molecule has 0 spiro atoms. The van der Waals surface area contributed by atoms with E-state index in [1.807, 2.05) is 13.8 Å². The first-order chi connectivity index (χ1) is 14.5. The number of anilines is 1. The smallest absolute Gasteiger partial charge is 0.324 e. The van der Waals surface area contributed by atoms with Crippen molar-refractivity contribution in [3.8, 4) is 5.75 Å². The second kappa shape index (κ2) is 9.24. The lowest BCUT2D eigenvalue weighted by Crippen LogP contribution is -2.39. The summed E-state index contributed by atoms with van der Waals surface area (Å²) in [5.41, 5.74) is 0. The summed E-state index contributed by atoms with van der Waals surface area (Å²) in [4.78, 5) is 10.1. The number of aromatic nitrogens is 3. The molecule has 164 valence electrons. The second-order valence-corrected chi connectivity index (χ2v) is 8.36. The van der Waals surface area contributed by atoms with Crippen LogP contribution < -0.4 is 9.64 Å². The molecule has 0 N–H and O–H groups in total. The monoisotopic (exact) mass is 422 g/mol. The summed E-state index contributed by atoms with van der Waals surface area (Å²) in [6, 6.07) is 0.588. The van der Waals surface area contributed by atoms with Crippen molar-refractivity contribution in [2.45, 2.75) is 76.6 Å². The standard InChI is InChI=1S/C21H28F2N4O3/c1-13(2)20-25-21(30-26-20)27-9-7-16(8-10-27)28-14-3-5-15(6-4-14)29-19-17(22)11-24-12-18(19)23/h11-16H,3-10H2,1-2H3. The van der Waals surface area contributed by atoms with E-state index in [2.05, 4.69) is 20.0 Å². The Balaban J connectivity index is 1.20. The molecule has 4 rings (SSSR count). The minimum Gasteiger partial charge on any atom is -0.484 e. The Kier molecular flexibility index (Phi) is 6.46. The van der Waals surface area contributed by atoms with Gasteiger partial charge >= 0.3 is 6.01 Å². The minimum absolute atomic E-state index is 0.157. The van der Waals surface area contributed by atoms with E-state index in [1.165, 1.54) is 0 Å². The lowest BCUT2D eigenvalue weighted by atomic mass is 9.94. The fourth-order valence-corrected chi connectivity index (χ4v) is 4.01. The fraction of sp³-hybridized carbons (Fsp3) is 0.667. The van der Waals surface area contributed by atoms with Crippen molar-refractivity contribution in [3.63, 3.8) is 0 Å². The first-order valence-corrected chi connectivity index (χ1v) is 10.7. The van der Waals surface area contributed by atoms with Crippen LogP contribution in [-0.4, -0.2) is 46.5 Å². The SMILES string of the molecule is CC(C)c1noc(N2CCC(OC3CCC(Oc4c(F)cncc4F)CC3)CC2)n1. The van der Waals surface area contributed by atoms with E-state index in [0.717, 1.165) is 57.0 Å². The van der Waals surface area contributed by atoms with Crippen LogP contribution in [0.3, 0.4) is 0 Å². The average molecular weight is 422 g/mol. The van der Waals surface area contributed by atoms with Gasteiger partial charge in [-0.2, -0.15) is 4.98 Å². The van der Waals surface area contributed by atoms with Crippen molar-refractivity contribution < 1.29 is 22.8 Å². The zero-order valence-corrected chi connectivity index (χ0v) is 17.4. The molecular weight excluding hydrogens is 394 g/mol. The van der Waals surface area contributed by atoms with Gasteiger partial charge < -0.3 is 18.9 Å². The number of ether oxygens (including phenoxy) is 2.